The first-order valence-corrected chi connectivity index (χ1v) is 6.39. The summed E-state index contributed by atoms with van der Waals surface area (Å²) >= 11 is 0. The molecule has 1 saturated heterocycles. The van der Waals surface area contributed by atoms with Crippen LogP contribution in [-0.4, -0.2) is 25.0 Å². The van der Waals surface area contributed by atoms with Gasteiger partial charge in [-0.3, -0.25) is 4.79 Å². The fourth-order valence-corrected chi connectivity index (χ4v) is 2.28. The van der Waals surface area contributed by atoms with Crippen LogP contribution in [0.5, 0.6) is 0 Å². The molecule has 1 aromatic rings. The van der Waals surface area contributed by atoms with Crippen LogP contribution in [0.15, 0.2) is 30.3 Å². The molecule has 0 bridgehead atoms. The molecule has 0 spiro atoms. The molecule has 2 rings (SSSR count). The van der Waals surface area contributed by atoms with Gasteiger partial charge in [0.05, 0.1) is 0 Å². The highest BCUT2D eigenvalue weighted by Crippen LogP contribution is 2.19. The summed E-state index contributed by atoms with van der Waals surface area (Å²) in [4.78, 5) is 13.8. The van der Waals surface area contributed by atoms with E-state index in [2.05, 4.69) is 34.5 Å². The Morgan fingerprint density at radius 3 is 2.88 bits per heavy atom. The third-order valence-corrected chi connectivity index (χ3v) is 3.15. The lowest BCUT2D eigenvalue weighted by Gasteiger charge is -2.18. The zero-order valence-corrected chi connectivity index (χ0v) is 10.4. The molecule has 3 heteroatoms. The van der Waals surface area contributed by atoms with E-state index in [1.165, 1.54) is 5.69 Å². The highest BCUT2D eigenvalue weighted by molar-refractivity contribution is 5.76. The number of rotatable bonds is 4. The Bertz CT molecular complexity index is 364. The molecular weight excluding hydrogens is 212 g/mol. The van der Waals surface area contributed by atoms with Crippen molar-refractivity contribution in [3.8, 4) is 0 Å². The zero-order chi connectivity index (χ0) is 12.1. The molecule has 0 saturated carbocycles. The second kappa shape index (κ2) is 5.71. The van der Waals surface area contributed by atoms with Crippen molar-refractivity contribution in [2.75, 3.05) is 18.0 Å². The highest BCUT2D eigenvalue weighted by atomic mass is 16.1. The molecule has 1 aromatic carbocycles. The maximum Gasteiger partial charge on any atom is 0.220 e. The number of nitrogens with one attached hydrogen (secondary N) is 1. The number of anilines is 1. The van der Waals surface area contributed by atoms with E-state index < -0.39 is 0 Å². The standard InChI is InChI=1S/C14H20N2O/c1-2-6-14(17)15-12-9-10-16(11-12)13-7-4-3-5-8-13/h3-5,7-8,12H,2,6,9-11H2,1H3,(H,15,17). The molecule has 1 fully saturated rings. The molecule has 0 aromatic heterocycles. The first kappa shape index (κ1) is 12.0. The molecule has 0 aliphatic carbocycles. The van der Waals surface area contributed by atoms with E-state index in [1.807, 2.05) is 13.0 Å². The lowest BCUT2D eigenvalue weighted by Crippen LogP contribution is -2.36. The largest absolute Gasteiger partial charge is 0.369 e. The number of hydrogen-bond donors (Lipinski definition) is 1. The van der Waals surface area contributed by atoms with Gasteiger partial charge in [0.15, 0.2) is 0 Å². The van der Waals surface area contributed by atoms with Crippen molar-refractivity contribution in [2.45, 2.75) is 32.2 Å². The van der Waals surface area contributed by atoms with Crippen LogP contribution in [0.3, 0.4) is 0 Å². The Kier molecular flexibility index (Phi) is 4.02. The molecule has 0 radical (unpaired) electrons. The molecule has 1 amide bonds. The van der Waals surface area contributed by atoms with E-state index >= 15 is 0 Å². The Labute approximate surface area is 103 Å². The fraction of sp³-hybridized carbons (Fsp3) is 0.500. The maximum absolute atomic E-state index is 11.5. The number of nitrogens with zero attached hydrogens (tertiary/aromatic N) is 1. The van der Waals surface area contributed by atoms with Crippen LogP contribution in [0, 0.1) is 0 Å². The molecule has 92 valence electrons. The van der Waals surface area contributed by atoms with Gasteiger partial charge in [0.2, 0.25) is 5.91 Å². The zero-order valence-electron chi connectivity index (χ0n) is 10.4. The van der Waals surface area contributed by atoms with Crippen LogP contribution in [0.25, 0.3) is 0 Å². The average Bonchev–Trinajstić information content (AvgIpc) is 2.79. The summed E-state index contributed by atoms with van der Waals surface area (Å²) < 4.78 is 0. The van der Waals surface area contributed by atoms with E-state index in [9.17, 15) is 4.79 Å². The summed E-state index contributed by atoms with van der Waals surface area (Å²) in [5, 5.41) is 3.10. The van der Waals surface area contributed by atoms with E-state index in [-0.39, 0.29) is 5.91 Å². The smallest absolute Gasteiger partial charge is 0.220 e. The third kappa shape index (κ3) is 3.22. The monoisotopic (exact) mass is 232 g/mol. The van der Waals surface area contributed by atoms with Crippen molar-refractivity contribution in [1.29, 1.82) is 0 Å². The van der Waals surface area contributed by atoms with Crippen LogP contribution < -0.4 is 10.2 Å². The molecule has 3 nitrogen and oxygen atoms in total. The van der Waals surface area contributed by atoms with Crippen LogP contribution >= 0.6 is 0 Å². The van der Waals surface area contributed by atoms with Gasteiger partial charge in [-0.1, -0.05) is 25.1 Å². The lowest BCUT2D eigenvalue weighted by atomic mass is 10.2. The first-order valence-electron chi connectivity index (χ1n) is 6.39. The molecule has 1 unspecified atom stereocenters. The minimum absolute atomic E-state index is 0.187. The van der Waals surface area contributed by atoms with Crippen molar-refractivity contribution >= 4 is 11.6 Å². The Hall–Kier alpha value is -1.51. The van der Waals surface area contributed by atoms with Gasteiger partial charge in [0.25, 0.3) is 0 Å². The molecule has 17 heavy (non-hydrogen) atoms. The van der Waals surface area contributed by atoms with Gasteiger partial charge in [-0.2, -0.15) is 0 Å². The molecular formula is C14H20N2O. The van der Waals surface area contributed by atoms with Crippen molar-refractivity contribution < 1.29 is 4.79 Å². The minimum atomic E-state index is 0.187. The van der Waals surface area contributed by atoms with Crippen molar-refractivity contribution in [3.05, 3.63) is 30.3 Å². The van der Waals surface area contributed by atoms with Crippen LogP contribution in [0.1, 0.15) is 26.2 Å². The van der Waals surface area contributed by atoms with E-state index in [0.29, 0.717) is 12.5 Å². The molecule has 1 aliphatic heterocycles. The number of para-hydroxylation sites is 1. The van der Waals surface area contributed by atoms with E-state index in [1.54, 1.807) is 0 Å². The van der Waals surface area contributed by atoms with Crippen molar-refractivity contribution in [3.63, 3.8) is 0 Å². The first-order chi connectivity index (χ1) is 8.29. The van der Waals surface area contributed by atoms with Gasteiger partial charge in [-0.25, -0.2) is 0 Å². The van der Waals surface area contributed by atoms with Gasteiger partial charge in [-0.05, 0) is 25.0 Å². The summed E-state index contributed by atoms with van der Waals surface area (Å²) in [5.74, 6) is 0.187. The van der Waals surface area contributed by atoms with E-state index in [4.69, 9.17) is 0 Å². The summed E-state index contributed by atoms with van der Waals surface area (Å²) in [6.45, 7) is 3.99. The molecule has 1 N–H and O–H groups in total. The summed E-state index contributed by atoms with van der Waals surface area (Å²) in [7, 11) is 0. The van der Waals surface area contributed by atoms with Gasteiger partial charge < -0.3 is 10.2 Å². The Morgan fingerprint density at radius 2 is 2.18 bits per heavy atom. The maximum atomic E-state index is 11.5. The average molecular weight is 232 g/mol. The predicted molar refractivity (Wildman–Crippen MR) is 70.1 cm³/mol. The SMILES string of the molecule is CCCC(=O)NC1CCN(c2ccccc2)C1. The Balaban J connectivity index is 1.86. The number of amides is 1. The molecule has 1 heterocycles. The number of carbonyl (C=O) groups excluding carboxylic acids is 1. The lowest BCUT2D eigenvalue weighted by molar-refractivity contribution is -0.121. The molecule has 1 aliphatic rings. The quantitative estimate of drug-likeness (QED) is 0.863. The minimum Gasteiger partial charge on any atom is -0.369 e. The number of hydrogen-bond acceptors (Lipinski definition) is 2. The van der Waals surface area contributed by atoms with Crippen LogP contribution in [0.2, 0.25) is 0 Å². The number of carbonyl (C=O) groups is 1. The second-order valence-electron chi connectivity index (χ2n) is 4.58. The van der Waals surface area contributed by atoms with Gasteiger partial charge in [-0.15, -0.1) is 0 Å². The summed E-state index contributed by atoms with van der Waals surface area (Å²) in [6, 6.07) is 10.7. The predicted octanol–water partition coefficient (Wildman–Crippen LogP) is 2.18. The summed E-state index contributed by atoms with van der Waals surface area (Å²) in [6.07, 6.45) is 2.60. The fourth-order valence-electron chi connectivity index (χ4n) is 2.28. The number of benzene rings is 1. The highest BCUT2D eigenvalue weighted by Gasteiger charge is 2.23. The van der Waals surface area contributed by atoms with Gasteiger partial charge in [0, 0.05) is 31.2 Å². The van der Waals surface area contributed by atoms with E-state index in [0.717, 1.165) is 25.9 Å². The molecule has 1 atom stereocenters. The van der Waals surface area contributed by atoms with Crippen LogP contribution in [-0.2, 0) is 4.79 Å². The second-order valence-corrected chi connectivity index (χ2v) is 4.58. The topological polar surface area (TPSA) is 32.3 Å². The van der Waals surface area contributed by atoms with Crippen molar-refractivity contribution in [1.82, 2.24) is 5.32 Å². The van der Waals surface area contributed by atoms with Crippen LogP contribution in [0.4, 0.5) is 5.69 Å². The Morgan fingerprint density at radius 1 is 1.41 bits per heavy atom. The van der Waals surface area contributed by atoms with Gasteiger partial charge in [0.1, 0.15) is 0 Å². The van der Waals surface area contributed by atoms with Crippen molar-refractivity contribution in [2.24, 2.45) is 0 Å². The normalized spacial score (nSPS) is 19.4. The van der Waals surface area contributed by atoms with Gasteiger partial charge >= 0.3 is 0 Å². The third-order valence-electron chi connectivity index (χ3n) is 3.15. The summed E-state index contributed by atoms with van der Waals surface area (Å²) in [5.41, 5.74) is 1.25.